The summed E-state index contributed by atoms with van der Waals surface area (Å²) in [6.45, 7) is 4.74. The van der Waals surface area contributed by atoms with E-state index in [-0.39, 0.29) is 25.0 Å². The number of amides is 2. The number of carbonyl (C=O) groups is 2. The summed E-state index contributed by atoms with van der Waals surface area (Å²) in [5.74, 6) is 1.02. The van der Waals surface area contributed by atoms with Gasteiger partial charge in [-0.05, 0) is 18.2 Å². The molecule has 0 atom stereocenters. The molecule has 2 amide bonds. The molecule has 32 heavy (non-hydrogen) atoms. The van der Waals surface area contributed by atoms with Crippen LogP contribution in [-0.4, -0.2) is 81.3 Å². The van der Waals surface area contributed by atoms with E-state index < -0.39 is 0 Å². The monoisotopic (exact) mass is 439 g/mol. The molecule has 1 saturated heterocycles. The van der Waals surface area contributed by atoms with Crippen molar-refractivity contribution >= 4 is 17.5 Å². The first-order chi connectivity index (χ1) is 15.7. The molecule has 0 unspecified atom stereocenters. The first kappa shape index (κ1) is 22.1. The predicted molar refractivity (Wildman–Crippen MR) is 120 cm³/mol. The predicted octanol–water partition coefficient (Wildman–Crippen LogP) is 1.78. The molecule has 0 spiro atoms. The van der Waals surface area contributed by atoms with Gasteiger partial charge in [0.25, 0.3) is 5.91 Å². The standard InChI is InChI=1S/C24H29N3O5/c1-30-21-8-4-2-6-19(21)16-26(11-10-25-12-14-31-15-13-25)23(28)17-27-20-7-3-5-9-22(20)32-18-24(27)29/h2-9H,10-18H2,1H3. The Balaban J connectivity index is 1.51. The van der Waals surface area contributed by atoms with E-state index >= 15 is 0 Å². The minimum atomic E-state index is -0.220. The van der Waals surface area contributed by atoms with Crippen LogP contribution in [0.1, 0.15) is 5.56 Å². The van der Waals surface area contributed by atoms with E-state index in [0.29, 0.717) is 37.7 Å². The van der Waals surface area contributed by atoms with Crippen molar-refractivity contribution in [2.24, 2.45) is 0 Å². The summed E-state index contributed by atoms with van der Waals surface area (Å²) in [4.78, 5) is 31.6. The Bertz CT molecular complexity index is 945. The lowest BCUT2D eigenvalue weighted by Gasteiger charge is -2.33. The topological polar surface area (TPSA) is 71.6 Å². The number of fused-ring (bicyclic) bond motifs is 1. The molecule has 4 rings (SSSR count). The molecule has 2 aliphatic rings. The van der Waals surface area contributed by atoms with Crippen molar-refractivity contribution in [2.75, 3.05) is 64.6 Å². The molecule has 2 aromatic rings. The van der Waals surface area contributed by atoms with Gasteiger partial charge in [0.1, 0.15) is 18.0 Å². The average molecular weight is 440 g/mol. The molecule has 0 bridgehead atoms. The summed E-state index contributed by atoms with van der Waals surface area (Å²) in [6, 6.07) is 15.0. The fraction of sp³-hybridized carbons (Fsp3) is 0.417. The number of methoxy groups -OCH3 is 1. The number of carbonyl (C=O) groups excluding carboxylic acids is 2. The summed E-state index contributed by atoms with van der Waals surface area (Å²) < 4.78 is 16.4. The quantitative estimate of drug-likeness (QED) is 0.625. The van der Waals surface area contributed by atoms with Crippen LogP contribution in [0.15, 0.2) is 48.5 Å². The lowest BCUT2D eigenvalue weighted by molar-refractivity contribution is -0.132. The highest BCUT2D eigenvalue weighted by Gasteiger charge is 2.29. The van der Waals surface area contributed by atoms with Crippen LogP contribution in [0.4, 0.5) is 5.69 Å². The second kappa shape index (κ2) is 10.5. The molecule has 0 aromatic heterocycles. The van der Waals surface area contributed by atoms with Gasteiger partial charge in [-0.15, -0.1) is 0 Å². The number of rotatable bonds is 8. The highest BCUT2D eigenvalue weighted by atomic mass is 16.5. The van der Waals surface area contributed by atoms with Gasteiger partial charge in [0.2, 0.25) is 5.91 Å². The fourth-order valence-corrected chi connectivity index (χ4v) is 3.98. The molecule has 8 heteroatoms. The Labute approximate surface area is 188 Å². The number of ether oxygens (including phenoxy) is 3. The fourth-order valence-electron chi connectivity index (χ4n) is 3.98. The summed E-state index contributed by atoms with van der Waals surface area (Å²) in [5, 5.41) is 0. The van der Waals surface area contributed by atoms with Crippen molar-refractivity contribution in [1.82, 2.24) is 9.80 Å². The van der Waals surface area contributed by atoms with Crippen LogP contribution in [0.5, 0.6) is 11.5 Å². The molecular weight excluding hydrogens is 410 g/mol. The number of para-hydroxylation sites is 3. The summed E-state index contributed by atoms with van der Waals surface area (Å²) in [5.41, 5.74) is 1.56. The highest BCUT2D eigenvalue weighted by Crippen LogP contribution is 2.31. The van der Waals surface area contributed by atoms with Crippen LogP contribution in [0.25, 0.3) is 0 Å². The molecule has 0 N–H and O–H groups in total. The molecule has 0 saturated carbocycles. The van der Waals surface area contributed by atoms with E-state index in [1.54, 1.807) is 18.1 Å². The molecular formula is C24H29N3O5. The van der Waals surface area contributed by atoms with Gasteiger partial charge in [0, 0.05) is 38.3 Å². The van der Waals surface area contributed by atoms with Gasteiger partial charge in [-0.1, -0.05) is 30.3 Å². The van der Waals surface area contributed by atoms with Gasteiger partial charge in [0.05, 0.1) is 26.0 Å². The summed E-state index contributed by atoms with van der Waals surface area (Å²) in [6.07, 6.45) is 0. The van der Waals surface area contributed by atoms with Gasteiger partial charge in [-0.2, -0.15) is 0 Å². The molecule has 1 fully saturated rings. The van der Waals surface area contributed by atoms with E-state index in [4.69, 9.17) is 14.2 Å². The van der Waals surface area contributed by atoms with E-state index in [1.807, 2.05) is 42.5 Å². The van der Waals surface area contributed by atoms with Crippen LogP contribution in [-0.2, 0) is 20.9 Å². The first-order valence-electron chi connectivity index (χ1n) is 10.9. The van der Waals surface area contributed by atoms with Gasteiger partial charge in [0.15, 0.2) is 6.61 Å². The maximum atomic E-state index is 13.5. The molecule has 0 aliphatic carbocycles. The van der Waals surface area contributed by atoms with E-state index in [9.17, 15) is 9.59 Å². The number of hydrogen-bond acceptors (Lipinski definition) is 6. The van der Waals surface area contributed by atoms with Crippen LogP contribution in [0, 0.1) is 0 Å². The number of benzene rings is 2. The number of hydrogen-bond donors (Lipinski definition) is 0. The minimum absolute atomic E-state index is 0.0303. The van der Waals surface area contributed by atoms with Gasteiger partial charge < -0.3 is 19.1 Å². The third-order valence-electron chi connectivity index (χ3n) is 5.80. The minimum Gasteiger partial charge on any atom is -0.496 e. The van der Waals surface area contributed by atoms with Crippen LogP contribution in [0.3, 0.4) is 0 Å². The zero-order valence-corrected chi connectivity index (χ0v) is 18.4. The van der Waals surface area contributed by atoms with Crippen molar-refractivity contribution in [3.8, 4) is 11.5 Å². The maximum absolute atomic E-state index is 13.5. The van der Waals surface area contributed by atoms with E-state index in [1.165, 1.54) is 4.90 Å². The van der Waals surface area contributed by atoms with Crippen LogP contribution < -0.4 is 14.4 Å². The average Bonchev–Trinajstić information content (AvgIpc) is 2.84. The Hall–Kier alpha value is -3.10. The first-order valence-corrected chi connectivity index (χ1v) is 10.9. The number of morpholine rings is 1. The van der Waals surface area contributed by atoms with Crippen molar-refractivity contribution in [1.29, 1.82) is 0 Å². The third kappa shape index (κ3) is 5.20. The molecule has 2 heterocycles. The van der Waals surface area contributed by atoms with Crippen molar-refractivity contribution in [2.45, 2.75) is 6.54 Å². The third-order valence-corrected chi connectivity index (χ3v) is 5.80. The lowest BCUT2D eigenvalue weighted by Crippen LogP contribution is -2.48. The second-order valence-electron chi connectivity index (χ2n) is 7.82. The van der Waals surface area contributed by atoms with Gasteiger partial charge in [-0.25, -0.2) is 0 Å². The van der Waals surface area contributed by atoms with Gasteiger partial charge in [-0.3, -0.25) is 19.4 Å². The number of anilines is 1. The van der Waals surface area contributed by atoms with E-state index in [2.05, 4.69) is 4.90 Å². The summed E-state index contributed by atoms with van der Waals surface area (Å²) in [7, 11) is 1.63. The Morgan fingerprint density at radius 2 is 1.84 bits per heavy atom. The van der Waals surface area contributed by atoms with Crippen molar-refractivity contribution in [3.05, 3.63) is 54.1 Å². The second-order valence-corrected chi connectivity index (χ2v) is 7.82. The number of nitrogens with zero attached hydrogens (tertiary/aromatic N) is 3. The molecule has 0 radical (unpaired) electrons. The van der Waals surface area contributed by atoms with Crippen LogP contribution in [0.2, 0.25) is 0 Å². The largest absolute Gasteiger partial charge is 0.496 e. The summed E-state index contributed by atoms with van der Waals surface area (Å²) >= 11 is 0. The zero-order valence-electron chi connectivity index (χ0n) is 18.4. The van der Waals surface area contributed by atoms with Crippen molar-refractivity contribution in [3.63, 3.8) is 0 Å². The van der Waals surface area contributed by atoms with Crippen molar-refractivity contribution < 1.29 is 23.8 Å². The molecule has 2 aliphatic heterocycles. The zero-order chi connectivity index (χ0) is 22.3. The van der Waals surface area contributed by atoms with Crippen LogP contribution >= 0.6 is 0 Å². The Morgan fingerprint density at radius 1 is 1.09 bits per heavy atom. The normalized spacial score (nSPS) is 16.3. The maximum Gasteiger partial charge on any atom is 0.265 e. The van der Waals surface area contributed by atoms with E-state index in [0.717, 1.165) is 30.9 Å². The smallest absolute Gasteiger partial charge is 0.265 e. The highest BCUT2D eigenvalue weighted by molar-refractivity contribution is 6.02. The molecule has 2 aromatic carbocycles. The van der Waals surface area contributed by atoms with Gasteiger partial charge >= 0.3 is 0 Å². The molecule has 8 nitrogen and oxygen atoms in total. The SMILES string of the molecule is COc1ccccc1CN(CCN1CCOCC1)C(=O)CN1C(=O)COc2ccccc21. The lowest BCUT2D eigenvalue weighted by atomic mass is 10.1. The molecule has 170 valence electrons. The Morgan fingerprint density at radius 3 is 2.66 bits per heavy atom. The Kier molecular flexibility index (Phi) is 7.24.